The van der Waals surface area contributed by atoms with Crippen LogP contribution in [0.4, 0.5) is 5.69 Å². The van der Waals surface area contributed by atoms with Crippen LogP contribution in [0.3, 0.4) is 0 Å². The van der Waals surface area contributed by atoms with Crippen LogP contribution in [-0.2, 0) is 9.53 Å². The van der Waals surface area contributed by atoms with Crippen molar-refractivity contribution in [1.82, 2.24) is 0 Å². The Morgan fingerprint density at radius 2 is 2.11 bits per heavy atom. The van der Waals surface area contributed by atoms with Gasteiger partial charge in [0.05, 0.1) is 18.9 Å². The van der Waals surface area contributed by atoms with Crippen molar-refractivity contribution in [1.29, 1.82) is 0 Å². The number of carbonyl (C=O) groups excluding carboxylic acids is 1. The average molecular weight is 266 g/mol. The minimum atomic E-state index is -0.214. The highest BCUT2D eigenvalue weighted by molar-refractivity contribution is 5.93. The molecule has 0 atom stereocenters. The lowest BCUT2D eigenvalue weighted by Gasteiger charge is -2.13. The summed E-state index contributed by atoms with van der Waals surface area (Å²) in [7, 11) is 0. The molecule has 0 aromatic heterocycles. The smallest absolute Gasteiger partial charge is 0.250 e. The first-order valence-corrected chi connectivity index (χ1v) is 6.43. The molecule has 1 aromatic rings. The fourth-order valence-corrected chi connectivity index (χ4v) is 1.39. The zero-order valence-electron chi connectivity index (χ0n) is 11.5. The van der Waals surface area contributed by atoms with Gasteiger partial charge in [-0.3, -0.25) is 4.79 Å². The molecule has 5 heteroatoms. The van der Waals surface area contributed by atoms with Gasteiger partial charge < -0.3 is 20.5 Å². The van der Waals surface area contributed by atoms with Crippen LogP contribution in [0, 0.1) is 5.92 Å². The van der Waals surface area contributed by atoms with E-state index in [2.05, 4.69) is 19.2 Å². The molecule has 1 amide bonds. The van der Waals surface area contributed by atoms with Gasteiger partial charge in [-0.1, -0.05) is 26.0 Å². The van der Waals surface area contributed by atoms with Crippen LogP contribution < -0.4 is 15.8 Å². The van der Waals surface area contributed by atoms with Crippen LogP contribution in [0.5, 0.6) is 5.75 Å². The Kier molecular flexibility index (Phi) is 6.92. The molecule has 0 radical (unpaired) electrons. The molecule has 0 aliphatic carbocycles. The molecular formula is C14H22N2O3. The number of rotatable bonds is 8. The molecule has 106 valence electrons. The molecule has 0 unspecified atom stereocenters. The minimum Gasteiger partial charge on any atom is -0.491 e. The second kappa shape index (κ2) is 8.50. The number of benzene rings is 1. The maximum absolute atomic E-state index is 11.6. The first-order chi connectivity index (χ1) is 9.13. The second-order valence-corrected chi connectivity index (χ2v) is 4.59. The van der Waals surface area contributed by atoms with E-state index in [9.17, 15) is 4.79 Å². The molecular weight excluding hydrogens is 244 g/mol. The largest absolute Gasteiger partial charge is 0.491 e. The Morgan fingerprint density at radius 1 is 1.37 bits per heavy atom. The van der Waals surface area contributed by atoms with Gasteiger partial charge in [0.15, 0.2) is 0 Å². The monoisotopic (exact) mass is 266 g/mol. The Balaban J connectivity index is 2.54. The van der Waals surface area contributed by atoms with E-state index in [-0.39, 0.29) is 12.5 Å². The molecule has 0 aliphatic rings. The third-order valence-corrected chi connectivity index (χ3v) is 2.23. The molecule has 0 heterocycles. The Hall–Kier alpha value is -1.59. The molecule has 0 saturated carbocycles. The van der Waals surface area contributed by atoms with Crippen LogP contribution in [0.15, 0.2) is 24.3 Å². The van der Waals surface area contributed by atoms with Gasteiger partial charge in [0.25, 0.3) is 0 Å². The van der Waals surface area contributed by atoms with E-state index in [1.165, 1.54) is 0 Å². The standard InChI is InChI=1S/C14H22N2O3/c1-11(2)9-19-13-6-4-3-5-12(13)16-14(17)10-18-8-7-15/h3-6,11H,7-10,15H2,1-2H3,(H,16,17). The molecule has 1 aromatic carbocycles. The summed E-state index contributed by atoms with van der Waals surface area (Å²) >= 11 is 0. The predicted molar refractivity (Wildman–Crippen MR) is 75.3 cm³/mol. The number of nitrogens with two attached hydrogens (primary N) is 1. The highest BCUT2D eigenvalue weighted by Crippen LogP contribution is 2.24. The SMILES string of the molecule is CC(C)COc1ccccc1NC(=O)COCCN. The van der Waals surface area contributed by atoms with E-state index >= 15 is 0 Å². The summed E-state index contributed by atoms with van der Waals surface area (Å²) in [6.07, 6.45) is 0. The van der Waals surface area contributed by atoms with E-state index in [0.717, 1.165) is 0 Å². The van der Waals surface area contributed by atoms with Crippen LogP contribution in [0.2, 0.25) is 0 Å². The minimum absolute atomic E-state index is 0.00425. The maximum Gasteiger partial charge on any atom is 0.250 e. The van der Waals surface area contributed by atoms with Gasteiger partial charge in [0, 0.05) is 6.54 Å². The number of amides is 1. The van der Waals surface area contributed by atoms with E-state index in [4.69, 9.17) is 15.2 Å². The first kappa shape index (κ1) is 15.5. The number of para-hydroxylation sites is 2. The lowest BCUT2D eigenvalue weighted by Crippen LogP contribution is -2.21. The normalized spacial score (nSPS) is 10.5. The summed E-state index contributed by atoms with van der Waals surface area (Å²) in [5.41, 5.74) is 5.94. The van der Waals surface area contributed by atoms with Crippen molar-refractivity contribution < 1.29 is 14.3 Å². The van der Waals surface area contributed by atoms with E-state index in [1.807, 2.05) is 18.2 Å². The van der Waals surface area contributed by atoms with E-state index in [0.29, 0.717) is 37.1 Å². The van der Waals surface area contributed by atoms with Crippen molar-refractivity contribution in [2.45, 2.75) is 13.8 Å². The second-order valence-electron chi connectivity index (χ2n) is 4.59. The molecule has 0 aliphatic heterocycles. The fraction of sp³-hybridized carbons (Fsp3) is 0.500. The Bertz CT molecular complexity index is 394. The zero-order chi connectivity index (χ0) is 14.1. The van der Waals surface area contributed by atoms with Gasteiger partial charge >= 0.3 is 0 Å². The molecule has 5 nitrogen and oxygen atoms in total. The summed E-state index contributed by atoms with van der Waals surface area (Å²) in [5, 5.41) is 2.76. The maximum atomic E-state index is 11.6. The third kappa shape index (κ3) is 6.22. The summed E-state index contributed by atoms with van der Waals surface area (Å²) in [5.74, 6) is 0.883. The highest BCUT2D eigenvalue weighted by atomic mass is 16.5. The molecule has 0 bridgehead atoms. The van der Waals surface area contributed by atoms with Crippen molar-refractivity contribution in [3.63, 3.8) is 0 Å². The van der Waals surface area contributed by atoms with Crippen molar-refractivity contribution in [3.8, 4) is 5.75 Å². The van der Waals surface area contributed by atoms with Gasteiger partial charge in [0.1, 0.15) is 12.4 Å². The van der Waals surface area contributed by atoms with E-state index < -0.39 is 0 Å². The lowest BCUT2D eigenvalue weighted by atomic mass is 10.2. The number of hydrogen-bond acceptors (Lipinski definition) is 4. The summed E-state index contributed by atoms with van der Waals surface area (Å²) in [6.45, 7) is 5.52. The number of anilines is 1. The van der Waals surface area contributed by atoms with Gasteiger partial charge in [0.2, 0.25) is 5.91 Å². The van der Waals surface area contributed by atoms with Crippen molar-refractivity contribution >= 4 is 11.6 Å². The molecule has 0 spiro atoms. The summed E-state index contributed by atoms with van der Waals surface area (Å²) < 4.78 is 10.7. The Labute approximate surface area is 114 Å². The fourth-order valence-electron chi connectivity index (χ4n) is 1.39. The number of ether oxygens (including phenoxy) is 2. The highest BCUT2D eigenvalue weighted by Gasteiger charge is 2.08. The number of nitrogens with one attached hydrogen (secondary N) is 1. The molecule has 0 fully saturated rings. The zero-order valence-corrected chi connectivity index (χ0v) is 11.5. The predicted octanol–water partition coefficient (Wildman–Crippen LogP) is 1.64. The third-order valence-electron chi connectivity index (χ3n) is 2.23. The Morgan fingerprint density at radius 3 is 2.79 bits per heavy atom. The molecule has 0 saturated heterocycles. The van der Waals surface area contributed by atoms with Crippen molar-refractivity contribution in [3.05, 3.63) is 24.3 Å². The van der Waals surface area contributed by atoms with Crippen LogP contribution in [-0.4, -0.2) is 32.3 Å². The number of hydrogen-bond donors (Lipinski definition) is 2. The molecule has 19 heavy (non-hydrogen) atoms. The summed E-state index contributed by atoms with van der Waals surface area (Å²) in [4.78, 5) is 11.6. The van der Waals surface area contributed by atoms with Crippen LogP contribution in [0.1, 0.15) is 13.8 Å². The first-order valence-electron chi connectivity index (χ1n) is 6.43. The van der Waals surface area contributed by atoms with Gasteiger partial charge in [-0.2, -0.15) is 0 Å². The quantitative estimate of drug-likeness (QED) is 0.701. The summed E-state index contributed by atoms with van der Waals surface area (Å²) in [6, 6.07) is 7.35. The topological polar surface area (TPSA) is 73.6 Å². The van der Waals surface area contributed by atoms with Crippen molar-refractivity contribution in [2.75, 3.05) is 31.7 Å². The van der Waals surface area contributed by atoms with Gasteiger partial charge in [-0.25, -0.2) is 0 Å². The van der Waals surface area contributed by atoms with Crippen LogP contribution in [0.25, 0.3) is 0 Å². The van der Waals surface area contributed by atoms with Crippen LogP contribution >= 0.6 is 0 Å². The number of carbonyl (C=O) groups is 1. The van der Waals surface area contributed by atoms with Gasteiger partial charge in [-0.15, -0.1) is 0 Å². The average Bonchev–Trinajstić information content (AvgIpc) is 2.38. The molecule has 1 rings (SSSR count). The van der Waals surface area contributed by atoms with Gasteiger partial charge in [-0.05, 0) is 18.1 Å². The lowest BCUT2D eigenvalue weighted by molar-refractivity contribution is -0.120. The molecule has 3 N–H and O–H groups in total. The van der Waals surface area contributed by atoms with Crippen molar-refractivity contribution in [2.24, 2.45) is 11.7 Å². The van der Waals surface area contributed by atoms with E-state index in [1.54, 1.807) is 6.07 Å².